The lowest BCUT2D eigenvalue weighted by Gasteiger charge is -2.44. The summed E-state index contributed by atoms with van der Waals surface area (Å²) in [4.78, 5) is 15.1. The molecule has 182 valence electrons. The van der Waals surface area contributed by atoms with Crippen LogP contribution >= 0.6 is 24.0 Å². The molecule has 2 atom stereocenters. The van der Waals surface area contributed by atoms with Crippen molar-refractivity contribution in [3.8, 4) is 0 Å². The normalized spacial score (nSPS) is 20.1. The van der Waals surface area contributed by atoms with Crippen LogP contribution in [0.1, 0.15) is 74.8 Å². The zero-order valence-corrected chi connectivity index (χ0v) is 21.8. The van der Waals surface area contributed by atoms with Crippen molar-refractivity contribution in [1.82, 2.24) is 10.2 Å². The highest BCUT2D eigenvalue weighted by Crippen LogP contribution is 2.35. The summed E-state index contributed by atoms with van der Waals surface area (Å²) >= 11 is 7.26. The average Bonchev–Trinajstić information content (AvgIpc) is 2.89. The lowest BCUT2D eigenvalue weighted by molar-refractivity contribution is -0.137. The fourth-order valence-electron chi connectivity index (χ4n) is 5.73. The molecule has 1 amide bonds. The van der Waals surface area contributed by atoms with Crippen LogP contribution in [-0.4, -0.2) is 40.0 Å². The first-order valence-corrected chi connectivity index (χ1v) is 14.4. The largest absolute Gasteiger partial charge is 0.371 e. The van der Waals surface area contributed by atoms with E-state index < -0.39 is 0 Å². The van der Waals surface area contributed by atoms with Crippen LogP contribution in [-0.2, 0) is 4.79 Å². The number of carbonyl (C=O) groups is 1. The third-order valence-corrected chi connectivity index (χ3v) is 8.84. The Morgan fingerprint density at radius 3 is 2.32 bits per heavy atom. The van der Waals surface area contributed by atoms with Crippen molar-refractivity contribution in [1.29, 1.82) is 0 Å². The van der Waals surface area contributed by atoms with Gasteiger partial charge in [-0.15, -0.1) is 0 Å². The second kappa shape index (κ2) is 13.3. The van der Waals surface area contributed by atoms with Gasteiger partial charge in [-0.3, -0.25) is 4.79 Å². The first kappa shape index (κ1) is 25.2. The lowest BCUT2D eigenvalue weighted by atomic mass is 9.78. The van der Waals surface area contributed by atoms with E-state index in [9.17, 15) is 4.79 Å². The summed E-state index contributed by atoms with van der Waals surface area (Å²) in [5.74, 6) is 2.38. The van der Waals surface area contributed by atoms with Crippen molar-refractivity contribution in [2.45, 2.75) is 69.7 Å². The molecule has 0 bridgehead atoms. The SMILES string of the molecule is O=C(CCCSC(=S)NCCC(c1ccccc1)c1ccccc1)N1CCCC2CCCCC21. The Bertz CT molecular complexity index is 863. The monoisotopic (exact) mass is 494 g/mol. The van der Waals surface area contributed by atoms with Gasteiger partial charge in [-0.25, -0.2) is 0 Å². The Morgan fingerprint density at radius 2 is 1.62 bits per heavy atom. The first-order valence-electron chi connectivity index (χ1n) is 13.0. The fraction of sp³-hybridized carbons (Fsp3) is 0.517. The maximum atomic E-state index is 12.9. The molecular formula is C29H38N2OS2. The van der Waals surface area contributed by atoms with E-state index in [-0.39, 0.29) is 0 Å². The summed E-state index contributed by atoms with van der Waals surface area (Å²) in [5, 5.41) is 3.44. The Labute approximate surface area is 215 Å². The predicted molar refractivity (Wildman–Crippen MR) is 148 cm³/mol. The fourth-order valence-corrected chi connectivity index (χ4v) is 6.76. The molecule has 1 heterocycles. The number of thiocarbonyl (C=S) groups is 1. The Morgan fingerprint density at radius 1 is 0.971 bits per heavy atom. The van der Waals surface area contributed by atoms with Crippen molar-refractivity contribution in [3.05, 3.63) is 71.8 Å². The standard InChI is InChI=1S/C29H38N2OS2/c32-28(31-21-9-16-25-15-7-8-17-27(25)31)18-10-22-34-29(33)30-20-19-26(23-11-3-1-4-12-23)24-13-5-2-6-14-24/h1-6,11-14,25-27H,7-10,15-22H2,(H,30,33). The number of amides is 1. The van der Waals surface area contributed by atoms with E-state index in [0.717, 1.165) is 41.9 Å². The number of nitrogens with one attached hydrogen (secondary N) is 1. The highest BCUT2D eigenvalue weighted by atomic mass is 32.2. The van der Waals surface area contributed by atoms with E-state index in [4.69, 9.17) is 12.2 Å². The van der Waals surface area contributed by atoms with E-state index in [2.05, 4.69) is 70.9 Å². The van der Waals surface area contributed by atoms with Gasteiger partial charge in [0.05, 0.1) is 0 Å². The zero-order valence-electron chi connectivity index (χ0n) is 20.2. The van der Waals surface area contributed by atoms with Crippen molar-refractivity contribution < 1.29 is 4.79 Å². The van der Waals surface area contributed by atoms with Gasteiger partial charge in [-0.1, -0.05) is 97.5 Å². The van der Waals surface area contributed by atoms with Gasteiger partial charge in [-0.2, -0.15) is 0 Å². The zero-order chi connectivity index (χ0) is 23.6. The number of carbonyl (C=O) groups excluding carboxylic acids is 1. The van der Waals surface area contributed by atoms with Crippen LogP contribution in [0.15, 0.2) is 60.7 Å². The summed E-state index contributed by atoms with van der Waals surface area (Å²) in [5.41, 5.74) is 2.68. The third-order valence-electron chi connectivity index (χ3n) is 7.44. The van der Waals surface area contributed by atoms with E-state index >= 15 is 0 Å². The minimum absolute atomic E-state index is 0.355. The molecule has 2 unspecified atom stereocenters. The number of fused-ring (bicyclic) bond motifs is 1. The molecule has 2 aromatic rings. The number of likely N-dealkylation sites (tertiary alicyclic amines) is 1. The number of hydrogen-bond acceptors (Lipinski definition) is 3. The molecule has 2 fully saturated rings. The van der Waals surface area contributed by atoms with Gasteiger partial charge in [-0.05, 0) is 55.6 Å². The molecule has 34 heavy (non-hydrogen) atoms. The quantitative estimate of drug-likeness (QED) is 0.308. The summed E-state index contributed by atoms with van der Waals surface area (Å²) < 4.78 is 0.845. The van der Waals surface area contributed by atoms with Gasteiger partial charge in [0.1, 0.15) is 4.32 Å². The van der Waals surface area contributed by atoms with Crippen LogP contribution < -0.4 is 5.32 Å². The van der Waals surface area contributed by atoms with Crippen LogP contribution in [0.3, 0.4) is 0 Å². The van der Waals surface area contributed by atoms with E-state index in [1.54, 1.807) is 11.8 Å². The van der Waals surface area contributed by atoms with Gasteiger partial charge < -0.3 is 10.2 Å². The topological polar surface area (TPSA) is 32.3 Å². The van der Waals surface area contributed by atoms with Gasteiger partial charge >= 0.3 is 0 Å². The van der Waals surface area contributed by atoms with Crippen LogP contribution in [0.2, 0.25) is 0 Å². The molecule has 4 rings (SSSR count). The molecule has 2 aromatic carbocycles. The number of piperidine rings is 1. The molecule has 1 saturated carbocycles. The van der Waals surface area contributed by atoms with Crippen molar-refractivity contribution in [2.24, 2.45) is 5.92 Å². The third kappa shape index (κ3) is 7.08. The number of rotatable bonds is 9. The molecule has 0 spiro atoms. The molecular weight excluding hydrogens is 456 g/mol. The first-order chi connectivity index (χ1) is 16.7. The number of benzene rings is 2. The smallest absolute Gasteiger partial charge is 0.222 e. The minimum Gasteiger partial charge on any atom is -0.371 e. The number of hydrogen-bond donors (Lipinski definition) is 1. The number of thioether (sulfide) groups is 1. The van der Waals surface area contributed by atoms with Gasteiger partial charge in [0.25, 0.3) is 0 Å². The van der Waals surface area contributed by atoms with Gasteiger partial charge in [0.2, 0.25) is 5.91 Å². The molecule has 2 aliphatic rings. The molecule has 3 nitrogen and oxygen atoms in total. The van der Waals surface area contributed by atoms with Gasteiger partial charge in [0.15, 0.2) is 0 Å². The Hall–Kier alpha value is -1.85. The molecule has 1 saturated heterocycles. The Kier molecular flexibility index (Phi) is 9.87. The van der Waals surface area contributed by atoms with Crippen molar-refractivity contribution >= 4 is 34.2 Å². The van der Waals surface area contributed by atoms with Crippen LogP contribution in [0, 0.1) is 5.92 Å². The summed E-state index contributed by atoms with van der Waals surface area (Å²) in [6.07, 6.45) is 10.2. The van der Waals surface area contributed by atoms with Crippen molar-refractivity contribution in [2.75, 3.05) is 18.8 Å². The van der Waals surface area contributed by atoms with Crippen LogP contribution in [0.5, 0.6) is 0 Å². The number of nitrogens with zero attached hydrogens (tertiary/aromatic N) is 1. The maximum Gasteiger partial charge on any atom is 0.222 e. The Balaban J connectivity index is 1.17. The van der Waals surface area contributed by atoms with Crippen molar-refractivity contribution in [3.63, 3.8) is 0 Å². The second-order valence-corrected chi connectivity index (χ2v) is 11.4. The van der Waals surface area contributed by atoms with E-state index in [1.807, 2.05) is 0 Å². The summed E-state index contributed by atoms with van der Waals surface area (Å²) in [6, 6.07) is 21.9. The lowest BCUT2D eigenvalue weighted by Crippen LogP contribution is -2.49. The van der Waals surface area contributed by atoms with Gasteiger partial charge in [0, 0.05) is 37.2 Å². The van der Waals surface area contributed by atoms with Crippen LogP contribution in [0.4, 0.5) is 0 Å². The molecule has 1 aliphatic carbocycles. The maximum absolute atomic E-state index is 12.9. The highest BCUT2D eigenvalue weighted by molar-refractivity contribution is 8.22. The highest BCUT2D eigenvalue weighted by Gasteiger charge is 2.35. The minimum atomic E-state index is 0.355. The molecule has 1 N–H and O–H groups in total. The second-order valence-electron chi connectivity index (χ2n) is 9.67. The molecule has 0 radical (unpaired) electrons. The molecule has 1 aliphatic heterocycles. The molecule has 5 heteroatoms. The summed E-state index contributed by atoms with van der Waals surface area (Å²) in [7, 11) is 0. The summed E-state index contributed by atoms with van der Waals surface area (Å²) in [6.45, 7) is 1.81. The molecule has 0 aromatic heterocycles. The van der Waals surface area contributed by atoms with E-state index in [1.165, 1.54) is 49.7 Å². The van der Waals surface area contributed by atoms with Crippen LogP contribution in [0.25, 0.3) is 0 Å². The predicted octanol–water partition coefficient (Wildman–Crippen LogP) is 6.78. The average molecular weight is 495 g/mol. The van der Waals surface area contributed by atoms with E-state index in [0.29, 0.717) is 24.3 Å².